The lowest BCUT2D eigenvalue weighted by molar-refractivity contribution is -0.120. The van der Waals surface area contributed by atoms with Crippen molar-refractivity contribution in [2.75, 3.05) is 0 Å². The van der Waals surface area contributed by atoms with Crippen molar-refractivity contribution in [2.24, 2.45) is 0 Å². The first-order chi connectivity index (χ1) is 8.66. The Morgan fingerprint density at radius 2 is 2.06 bits per heavy atom. The number of hydrogen-bond acceptors (Lipinski definition) is 2. The van der Waals surface area contributed by atoms with Gasteiger partial charge in [0, 0.05) is 10.9 Å². The second-order valence-corrected chi connectivity index (χ2v) is 6.47. The third kappa shape index (κ3) is 3.66. The lowest BCUT2D eigenvalue weighted by Crippen LogP contribution is -2.37. The van der Waals surface area contributed by atoms with Crippen LogP contribution in [0.4, 0.5) is 0 Å². The third-order valence-electron chi connectivity index (χ3n) is 3.21. The summed E-state index contributed by atoms with van der Waals surface area (Å²) in [5, 5.41) is 3.72. The molecule has 18 heavy (non-hydrogen) atoms. The minimum Gasteiger partial charge on any atom is -0.352 e. The average Bonchev–Trinajstić information content (AvgIpc) is 2.84. The summed E-state index contributed by atoms with van der Waals surface area (Å²) in [5.41, 5.74) is 0. The highest BCUT2D eigenvalue weighted by Gasteiger charge is 2.21. The Morgan fingerprint density at radius 1 is 1.39 bits per heavy atom. The van der Waals surface area contributed by atoms with Gasteiger partial charge in [-0.15, -0.1) is 11.8 Å². The van der Waals surface area contributed by atoms with Gasteiger partial charge in [-0.25, -0.2) is 0 Å². The minimum absolute atomic E-state index is 0.106. The van der Waals surface area contributed by atoms with Gasteiger partial charge >= 0.3 is 0 Å². The van der Waals surface area contributed by atoms with Gasteiger partial charge in [-0.1, -0.05) is 36.6 Å². The second-order valence-electron chi connectivity index (χ2n) is 4.68. The standard InChI is InChI=1S/C14H18ClNOS/c1-10(14(17)16-11-6-2-3-7-11)18-13-9-5-4-8-12(13)15/h4-5,8-11H,2-3,6-7H2,1H3,(H,16,17). The van der Waals surface area contributed by atoms with Gasteiger partial charge in [-0.05, 0) is 31.9 Å². The van der Waals surface area contributed by atoms with Crippen LogP contribution < -0.4 is 5.32 Å². The van der Waals surface area contributed by atoms with Crippen LogP contribution in [0.3, 0.4) is 0 Å². The predicted molar refractivity (Wildman–Crippen MR) is 77.2 cm³/mol. The molecule has 0 heterocycles. The SMILES string of the molecule is CC(Sc1ccccc1Cl)C(=O)NC1CCCC1. The molecule has 1 N–H and O–H groups in total. The van der Waals surface area contributed by atoms with Crippen LogP contribution in [0.5, 0.6) is 0 Å². The van der Waals surface area contributed by atoms with E-state index in [0.717, 1.165) is 17.7 Å². The minimum atomic E-state index is -0.106. The number of amides is 1. The molecule has 1 aromatic carbocycles. The molecule has 1 atom stereocenters. The molecule has 0 radical (unpaired) electrons. The van der Waals surface area contributed by atoms with E-state index in [1.54, 1.807) is 0 Å². The molecule has 1 saturated carbocycles. The van der Waals surface area contributed by atoms with E-state index in [9.17, 15) is 4.79 Å². The molecular formula is C14H18ClNOS. The van der Waals surface area contributed by atoms with Gasteiger partial charge in [0.05, 0.1) is 10.3 Å². The summed E-state index contributed by atoms with van der Waals surface area (Å²) in [6.07, 6.45) is 4.71. The molecule has 2 rings (SSSR count). The van der Waals surface area contributed by atoms with E-state index in [1.165, 1.54) is 24.6 Å². The number of halogens is 1. The Morgan fingerprint density at radius 3 is 2.72 bits per heavy atom. The molecule has 1 aromatic rings. The van der Waals surface area contributed by atoms with Gasteiger partial charge in [-0.3, -0.25) is 4.79 Å². The van der Waals surface area contributed by atoms with Crippen LogP contribution in [0.1, 0.15) is 32.6 Å². The topological polar surface area (TPSA) is 29.1 Å². The van der Waals surface area contributed by atoms with Crippen LogP contribution >= 0.6 is 23.4 Å². The van der Waals surface area contributed by atoms with Gasteiger partial charge < -0.3 is 5.32 Å². The maximum Gasteiger partial charge on any atom is 0.233 e. The zero-order chi connectivity index (χ0) is 13.0. The molecule has 4 heteroatoms. The van der Waals surface area contributed by atoms with Gasteiger partial charge in [0.2, 0.25) is 5.91 Å². The Hall–Kier alpha value is -0.670. The van der Waals surface area contributed by atoms with E-state index in [2.05, 4.69) is 5.32 Å². The van der Waals surface area contributed by atoms with E-state index < -0.39 is 0 Å². The summed E-state index contributed by atoms with van der Waals surface area (Å²) in [4.78, 5) is 13.0. The zero-order valence-corrected chi connectivity index (χ0v) is 12.1. The van der Waals surface area contributed by atoms with Crippen molar-refractivity contribution >= 4 is 29.3 Å². The molecule has 0 spiro atoms. The number of nitrogens with one attached hydrogen (secondary N) is 1. The van der Waals surface area contributed by atoms with Gasteiger partial charge in [0.25, 0.3) is 0 Å². The predicted octanol–water partition coefficient (Wildman–Crippen LogP) is 3.88. The summed E-state index contributed by atoms with van der Waals surface area (Å²) >= 11 is 7.61. The van der Waals surface area contributed by atoms with Crippen molar-refractivity contribution < 1.29 is 4.79 Å². The third-order valence-corrected chi connectivity index (χ3v) is 4.83. The number of hydrogen-bond donors (Lipinski definition) is 1. The van der Waals surface area contributed by atoms with Crippen molar-refractivity contribution in [1.29, 1.82) is 0 Å². The Labute approximate surface area is 117 Å². The molecule has 0 bridgehead atoms. The Bertz CT molecular complexity index is 418. The van der Waals surface area contributed by atoms with Crippen molar-refractivity contribution in [3.8, 4) is 0 Å². The van der Waals surface area contributed by atoms with E-state index in [-0.39, 0.29) is 11.2 Å². The summed E-state index contributed by atoms with van der Waals surface area (Å²) in [6.45, 7) is 1.93. The van der Waals surface area contributed by atoms with Crippen LogP contribution in [0.2, 0.25) is 5.02 Å². The largest absolute Gasteiger partial charge is 0.352 e. The number of thioether (sulfide) groups is 1. The maximum absolute atomic E-state index is 12.0. The van der Waals surface area contributed by atoms with Crippen LogP contribution in [-0.2, 0) is 4.79 Å². The summed E-state index contributed by atoms with van der Waals surface area (Å²) < 4.78 is 0. The fourth-order valence-electron chi connectivity index (χ4n) is 2.17. The molecule has 2 nitrogen and oxygen atoms in total. The van der Waals surface area contributed by atoms with Gasteiger partial charge in [0.15, 0.2) is 0 Å². The molecule has 0 aromatic heterocycles. The van der Waals surface area contributed by atoms with Crippen LogP contribution in [0.25, 0.3) is 0 Å². The fourth-order valence-corrected chi connectivity index (χ4v) is 3.34. The monoisotopic (exact) mass is 283 g/mol. The quantitative estimate of drug-likeness (QED) is 0.850. The molecule has 1 fully saturated rings. The highest BCUT2D eigenvalue weighted by Crippen LogP contribution is 2.30. The van der Waals surface area contributed by atoms with Crippen LogP contribution in [0, 0.1) is 0 Å². The fraction of sp³-hybridized carbons (Fsp3) is 0.500. The highest BCUT2D eigenvalue weighted by molar-refractivity contribution is 8.00. The van der Waals surface area contributed by atoms with Crippen molar-refractivity contribution in [3.63, 3.8) is 0 Å². The number of rotatable bonds is 4. The first kappa shape index (κ1) is 13.8. The first-order valence-corrected chi connectivity index (χ1v) is 7.64. The zero-order valence-electron chi connectivity index (χ0n) is 10.5. The molecule has 1 unspecified atom stereocenters. The van der Waals surface area contributed by atoms with E-state index in [4.69, 9.17) is 11.6 Å². The van der Waals surface area contributed by atoms with Crippen molar-refractivity contribution in [3.05, 3.63) is 29.3 Å². The Balaban J connectivity index is 1.89. The normalized spacial score (nSPS) is 17.7. The van der Waals surface area contributed by atoms with E-state index in [0.29, 0.717) is 11.1 Å². The molecule has 1 amide bonds. The lowest BCUT2D eigenvalue weighted by atomic mass is 10.2. The highest BCUT2D eigenvalue weighted by atomic mass is 35.5. The molecular weight excluding hydrogens is 266 g/mol. The second kappa shape index (κ2) is 6.48. The average molecular weight is 284 g/mol. The van der Waals surface area contributed by atoms with Crippen LogP contribution in [0.15, 0.2) is 29.2 Å². The van der Waals surface area contributed by atoms with Crippen LogP contribution in [-0.4, -0.2) is 17.2 Å². The maximum atomic E-state index is 12.0. The van der Waals surface area contributed by atoms with Gasteiger partial charge in [0.1, 0.15) is 0 Å². The smallest absolute Gasteiger partial charge is 0.233 e. The Kier molecular flexibility index (Phi) is 4.95. The van der Waals surface area contributed by atoms with Crippen molar-refractivity contribution in [1.82, 2.24) is 5.32 Å². The molecule has 0 saturated heterocycles. The van der Waals surface area contributed by atoms with E-state index in [1.807, 2.05) is 31.2 Å². The summed E-state index contributed by atoms with van der Waals surface area (Å²) in [6, 6.07) is 8.02. The summed E-state index contributed by atoms with van der Waals surface area (Å²) in [7, 11) is 0. The molecule has 1 aliphatic carbocycles. The lowest BCUT2D eigenvalue weighted by Gasteiger charge is -2.16. The number of carbonyl (C=O) groups is 1. The molecule has 98 valence electrons. The summed E-state index contributed by atoms with van der Waals surface area (Å²) in [5.74, 6) is 0.117. The number of benzene rings is 1. The van der Waals surface area contributed by atoms with Gasteiger partial charge in [-0.2, -0.15) is 0 Å². The van der Waals surface area contributed by atoms with E-state index >= 15 is 0 Å². The number of carbonyl (C=O) groups excluding carboxylic acids is 1. The van der Waals surface area contributed by atoms with Crippen molar-refractivity contribution in [2.45, 2.75) is 48.8 Å². The molecule has 0 aliphatic heterocycles. The first-order valence-electron chi connectivity index (χ1n) is 6.38. The molecule has 1 aliphatic rings.